The van der Waals surface area contributed by atoms with Gasteiger partial charge in [-0.1, -0.05) is 12.1 Å². The highest BCUT2D eigenvalue weighted by Crippen LogP contribution is 2.39. The number of nitrogens with zero attached hydrogens (tertiary/aromatic N) is 3. The summed E-state index contributed by atoms with van der Waals surface area (Å²) in [5.41, 5.74) is 1.22. The molecular formula is C12H22N4S2. The van der Waals surface area contributed by atoms with Crippen LogP contribution in [-0.2, 0) is 6.54 Å². The molecule has 0 bridgehead atoms. The molecule has 1 N–H and O–H groups in total. The number of nitrogens with one attached hydrogen (secondary N) is 1. The van der Waals surface area contributed by atoms with Gasteiger partial charge in [0.2, 0.25) is 0 Å². The molecule has 1 fully saturated rings. The largest absolute Gasteiger partial charge is 0.311 e. The molecule has 18 heavy (non-hydrogen) atoms. The van der Waals surface area contributed by atoms with Crippen molar-refractivity contribution in [2.75, 3.05) is 18.6 Å². The van der Waals surface area contributed by atoms with Crippen LogP contribution < -0.4 is 5.32 Å². The normalized spacial score (nSPS) is 26.2. The first-order valence-corrected chi connectivity index (χ1v) is 8.70. The summed E-state index contributed by atoms with van der Waals surface area (Å²) in [6, 6.07) is 0.350. The van der Waals surface area contributed by atoms with Crippen LogP contribution in [0.2, 0.25) is 0 Å². The molecule has 0 aliphatic carbocycles. The van der Waals surface area contributed by atoms with Crippen molar-refractivity contribution in [3.63, 3.8) is 0 Å². The second-order valence-electron chi connectivity index (χ2n) is 4.39. The molecule has 2 heterocycles. The van der Waals surface area contributed by atoms with Crippen LogP contribution in [0.4, 0.5) is 0 Å². The van der Waals surface area contributed by atoms with Gasteiger partial charge in [-0.15, -0.1) is 5.10 Å². The molecule has 1 saturated heterocycles. The van der Waals surface area contributed by atoms with Gasteiger partial charge in [0.1, 0.15) is 0 Å². The molecule has 3 atom stereocenters. The Hall–Kier alpha value is -0.200. The molecular weight excluding hydrogens is 264 g/mol. The van der Waals surface area contributed by atoms with Crippen molar-refractivity contribution in [2.45, 2.75) is 43.4 Å². The van der Waals surface area contributed by atoms with E-state index in [-0.39, 0.29) is 0 Å². The van der Waals surface area contributed by atoms with Gasteiger partial charge < -0.3 is 5.32 Å². The summed E-state index contributed by atoms with van der Waals surface area (Å²) >= 11 is 4.21. The summed E-state index contributed by atoms with van der Waals surface area (Å²) in [5, 5.41) is 13.0. The molecule has 0 radical (unpaired) electrons. The molecule has 1 aliphatic rings. The van der Waals surface area contributed by atoms with E-state index in [1.807, 2.05) is 17.9 Å². The maximum atomic E-state index is 4.16. The first-order valence-electron chi connectivity index (χ1n) is 6.60. The monoisotopic (exact) mass is 286 g/mol. The molecule has 2 rings (SSSR count). The lowest BCUT2D eigenvalue weighted by Gasteiger charge is -2.35. The van der Waals surface area contributed by atoms with Crippen LogP contribution in [0.3, 0.4) is 0 Å². The van der Waals surface area contributed by atoms with Gasteiger partial charge in [0.15, 0.2) is 0 Å². The van der Waals surface area contributed by atoms with E-state index in [0.29, 0.717) is 11.3 Å². The smallest absolute Gasteiger partial charge is 0.0768 e. The third-order valence-corrected chi connectivity index (χ3v) is 6.75. The van der Waals surface area contributed by atoms with Gasteiger partial charge in [0, 0.05) is 28.6 Å². The Bertz CT molecular complexity index is 369. The van der Waals surface area contributed by atoms with Crippen molar-refractivity contribution >= 4 is 23.5 Å². The van der Waals surface area contributed by atoms with Crippen LogP contribution >= 0.6 is 23.5 Å². The minimum absolute atomic E-state index is 0.350. The van der Waals surface area contributed by atoms with Crippen molar-refractivity contribution in [1.82, 2.24) is 20.3 Å². The first-order chi connectivity index (χ1) is 8.81. The van der Waals surface area contributed by atoms with Gasteiger partial charge in [0.05, 0.1) is 17.9 Å². The van der Waals surface area contributed by atoms with E-state index >= 15 is 0 Å². The van der Waals surface area contributed by atoms with Gasteiger partial charge in [-0.3, -0.25) is 0 Å². The highest BCUT2D eigenvalue weighted by Gasteiger charge is 2.33. The fraction of sp³-hybridized carbons (Fsp3) is 0.833. The standard InChI is InChI=1S/C12H22N4S2/c1-4-10-12(18-7-6-17-10)11(13-3)9-8-14-15-16(9)5-2/h8,10-13H,4-7H2,1-3H3. The third kappa shape index (κ3) is 2.86. The van der Waals surface area contributed by atoms with E-state index < -0.39 is 0 Å². The zero-order chi connectivity index (χ0) is 13.0. The van der Waals surface area contributed by atoms with Crippen molar-refractivity contribution in [3.05, 3.63) is 11.9 Å². The molecule has 0 spiro atoms. The van der Waals surface area contributed by atoms with E-state index in [2.05, 4.69) is 53.0 Å². The summed E-state index contributed by atoms with van der Waals surface area (Å²) in [5.74, 6) is 2.53. The molecule has 0 aromatic carbocycles. The number of hydrogen-bond donors (Lipinski definition) is 1. The first kappa shape index (κ1) is 14.2. The molecule has 6 heteroatoms. The summed E-state index contributed by atoms with van der Waals surface area (Å²) in [6.07, 6.45) is 3.14. The van der Waals surface area contributed by atoms with Gasteiger partial charge in [-0.05, 0) is 20.4 Å². The van der Waals surface area contributed by atoms with Crippen molar-refractivity contribution < 1.29 is 0 Å². The highest BCUT2D eigenvalue weighted by atomic mass is 32.2. The van der Waals surface area contributed by atoms with Crippen LogP contribution in [0, 0.1) is 0 Å². The number of thioether (sulfide) groups is 2. The second-order valence-corrected chi connectivity index (χ2v) is 7.03. The number of hydrogen-bond acceptors (Lipinski definition) is 5. The van der Waals surface area contributed by atoms with Crippen LogP contribution in [0.1, 0.15) is 32.0 Å². The lowest BCUT2D eigenvalue weighted by molar-refractivity contribution is 0.485. The molecule has 0 saturated carbocycles. The summed E-state index contributed by atoms with van der Waals surface area (Å²) in [4.78, 5) is 0. The van der Waals surface area contributed by atoms with Crippen molar-refractivity contribution in [1.29, 1.82) is 0 Å². The van der Waals surface area contributed by atoms with Crippen LogP contribution in [0.15, 0.2) is 6.20 Å². The number of aryl methyl sites for hydroxylation is 1. The minimum Gasteiger partial charge on any atom is -0.311 e. The molecule has 3 unspecified atom stereocenters. The molecule has 0 amide bonds. The Kier molecular flexibility index (Phi) is 5.38. The van der Waals surface area contributed by atoms with E-state index in [1.54, 1.807) is 0 Å². The lowest BCUT2D eigenvalue weighted by Crippen LogP contribution is -2.38. The molecule has 4 nitrogen and oxygen atoms in total. The maximum absolute atomic E-state index is 4.16. The predicted octanol–water partition coefficient (Wildman–Crippen LogP) is 2.19. The van der Waals surface area contributed by atoms with Crippen LogP contribution in [0.25, 0.3) is 0 Å². The van der Waals surface area contributed by atoms with Gasteiger partial charge in [-0.2, -0.15) is 23.5 Å². The average molecular weight is 286 g/mol. The molecule has 1 aromatic rings. The quantitative estimate of drug-likeness (QED) is 0.899. The summed E-state index contributed by atoms with van der Waals surface area (Å²) in [6.45, 7) is 5.29. The van der Waals surface area contributed by atoms with E-state index in [9.17, 15) is 0 Å². The zero-order valence-corrected chi connectivity index (χ0v) is 12.9. The predicted molar refractivity (Wildman–Crippen MR) is 80.3 cm³/mol. The zero-order valence-electron chi connectivity index (χ0n) is 11.3. The minimum atomic E-state index is 0.350. The SMILES string of the molecule is CCC1SCCSC1C(NC)c1cnnn1CC. The van der Waals surface area contributed by atoms with Crippen LogP contribution in [0.5, 0.6) is 0 Å². The maximum Gasteiger partial charge on any atom is 0.0768 e. The fourth-order valence-electron chi connectivity index (χ4n) is 2.48. The summed E-state index contributed by atoms with van der Waals surface area (Å²) < 4.78 is 2.01. The topological polar surface area (TPSA) is 42.7 Å². The number of aromatic nitrogens is 3. The van der Waals surface area contributed by atoms with E-state index in [0.717, 1.165) is 11.8 Å². The molecule has 1 aliphatic heterocycles. The Labute approximate surface area is 118 Å². The van der Waals surface area contributed by atoms with Gasteiger partial charge >= 0.3 is 0 Å². The second kappa shape index (κ2) is 6.82. The van der Waals surface area contributed by atoms with Crippen LogP contribution in [-0.4, -0.2) is 44.0 Å². The molecule has 1 aromatic heterocycles. The average Bonchev–Trinajstić information content (AvgIpc) is 2.88. The van der Waals surface area contributed by atoms with E-state index in [1.165, 1.54) is 23.6 Å². The highest BCUT2D eigenvalue weighted by molar-refractivity contribution is 8.07. The van der Waals surface area contributed by atoms with Crippen molar-refractivity contribution in [2.24, 2.45) is 0 Å². The van der Waals surface area contributed by atoms with Crippen molar-refractivity contribution in [3.8, 4) is 0 Å². The fourth-order valence-corrected chi connectivity index (χ4v) is 5.75. The Morgan fingerprint density at radius 2 is 2.22 bits per heavy atom. The van der Waals surface area contributed by atoms with Gasteiger partial charge in [0.25, 0.3) is 0 Å². The van der Waals surface area contributed by atoms with E-state index in [4.69, 9.17) is 0 Å². The Balaban J connectivity index is 2.21. The lowest BCUT2D eigenvalue weighted by atomic mass is 10.1. The Morgan fingerprint density at radius 3 is 2.89 bits per heavy atom. The van der Waals surface area contributed by atoms with Gasteiger partial charge in [-0.25, -0.2) is 4.68 Å². The third-order valence-electron chi connectivity index (χ3n) is 3.40. The summed E-state index contributed by atoms with van der Waals surface area (Å²) in [7, 11) is 2.05. The number of rotatable bonds is 5. The Morgan fingerprint density at radius 1 is 1.44 bits per heavy atom. The molecule has 102 valence electrons.